The number of rotatable bonds is 8. The summed E-state index contributed by atoms with van der Waals surface area (Å²) in [5.41, 5.74) is 0.971. The quantitative estimate of drug-likeness (QED) is 0.649. The van der Waals surface area contributed by atoms with Crippen molar-refractivity contribution in [1.29, 1.82) is 0 Å². The highest BCUT2D eigenvalue weighted by Crippen LogP contribution is 2.14. The highest BCUT2D eigenvalue weighted by atomic mass is 35.5. The smallest absolute Gasteiger partial charge is 0.338 e. The van der Waals surface area contributed by atoms with Crippen LogP contribution in [0, 0.1) is 0 Å². The molecule has 0 spiro atoms. The van der Waals surface area contributed by atoms with E-state index >= 15 is 0 Å². The lowest BCUT2D eigenvalue weighted by Crippen LogP contribution is -2.36. The first-order valence-corrected chi connectivity index (χ1v) is 9.96. The van der Waals surface area contributed by atoms with Gasteiger partial charge in [0, 0.05) is 11.6 Å². The molecule has 7 nitrogen and oxygen atoms in total. The van der Waals surface area contributed by atoms with Gasteiger partial charge in [-0.1, -0.05) is 29.8 Å². The van der Waals surface area contributed by atoms with Crippen molar-refractivity contribution in [3.8, 4) is 0 Å². The number of carbonyl (C=O) groups excluding carboxylic acids is 2. The molecule has 0 atom stereocenters. The van der Waals surface area contributed by atoms with Crippen molar-refractivity contribution in [2.45, 2.75) is 18.4 Å². The fourth-order valence-corrected chi connectivity index (χ4v) is 3.31. The number of esters is 1. The van der Waals surface area contributed by atoms with Gasteiger partial charge < -0.3 is 10.1 Å². The fraction of sp³-hybridized carbons (Fsp3) is 0.222. The van der Waals surface area contributed by atoms with Gasteiger partial charge in [-0.2, -0.15) is 0 Å². The number of sulfonamides is 1. The molecule has 0 fully saturated rings. The average Bonchev–Trinajstić information content (AvgIpc) is 2.66. The van der Waals surface area contributed by atoms with Crippen molar-refractivity contribution in [3.63, 3.8) is 0 Å². The van der Waals surface area contributed by atoms with E-state index in [1.165, 1.54) is 24.3 Å². The van der Waals surface area contributed by atoms with Gasteiger partial charge in [0.05, 0.1) is 23.6 Å². The van der Waals surface area contributed by atoms with Gasteiger partial charge in [0.2, 0.25) is 15.9 Å². The summed E-state index contributed by atoms with van der Waals surface area (Å²) in [6.45, 7) is 1.67. The zero-order chi connectivity index (χ0) is 19.9. The Kier molecular flexibility index (Phi) is 7.35. The van der Waals surface area contributed by atoms with E-state index in [0.717, 1.165) is 5.56 Å². The molecule has 0 aromatic heterocycles. The largest absolute Gasteiger partial charge is 0.462 e. The molecule has 0 saturated heterocycles. The minimum atomic E-state index is -3.89. The van der Waals surface area contributed by atoms with Crippen LogP contribution in [0.1, 0.15) is 22.8 Å². The number of amides is 1. The van der Waals surface area contributed by atoms with Gasteiger partial charge in [-0.3, -0.25) is 4.79 Å². The third-order valence-electron chi connectivity index (χ3n) is 3.53. The summed E-state index contributed by atoms with van der Waals surface area (Å²) in [6, 6.07) is 12.3. The number of benzene rings is 2. The van der Waals surface area contributed by atoms with E-state index in [-0.39, 0.29) is 23.6 Å². The first kappa shape index (κ1) is 20.9. The molecule has 144 valence electrons. The lowest BCUT2D eigenvalue weighted by atomic mass is 10.2. The number of carbonyl (C=O) groups is 2. The van der Waals surface area contributed by atoms with Crippen LogP contribution in [0.4, 0.5) is 0 Å². The van der Waals surface area contributed by atoms with Gasteiger partial charge in [0.1, 0.15) is 0 Å². The Balaban J connectivity index is 1.91. The van der Waals surface area contributed by atoms with Crippen LogP contribution < -0.4 is 10.0 Å². The van der Waals surface area contributed by atoms with E-state index in [9.17, 15) is 18.0 Å². The standard InChI is InChI=1S/C18H19ClN2O5S/c1-2-26-18(23)13-7-9-15(10-8-13)27(24,25)21-12-17(22)20-11-14-5-3-4-6-16(14)19/h3-10,21H,2,11-12H2,1H3,(H,20,22). The molecule has 0 aliphatic rings. The number of hydrogen-bond acceptors (Lipinski definition) is 5. The second-order valence-electron chi connectivity index (χ2n) is 5.44. The molecular formula is C18H19ClN2O5S. The van der Waals surface area contributed by atoms with Gasteiger partial charge in [0.25, 0.3) is 0 Å². The molecule has 0 saturated carbocycles. The number of nitrogens with one attached hydrogen (secondary N) is 2. The third kappa shape index (κ3) is 6.06. The normalized spacial score (nSPS) is 11.0. The molecule has 0 bridgehead atoms. The maximum atomic E-state index is 12.2. The zero-order valence-electron chi connectivity index (χ0n) is 14.6. The molecule has 0 unspecified atom stereocenters. The second kappa shape index (κ2) is 9.50. The maximum absolute atomic E-state index is 12.2. The third-order valence-corrected chi connectivity index (χ3v) is 5.32. The second-order valence-corrected chi connectivity index (χ2v) is 7.61. The molecule has 0 aliphatic carbocycles. The van der Waals surface area contributed by atoms with Crippen molar-refractivity contribution < 1.29 is 22.7 Å². The summed E-state index contributed by atoms with van der Waals surface area (Å²) in [5, 5.41) is 3.10. The summed E-state index contributed by atoms with van der Waals surface area (Å²) in [5.74, 6) is -1.03. The maximum Gasteiger partial charge on any atom is 0.338 e. The summed E-state index contributed by atoms with van der Waals surface area (Å²) < 4.78 is 31.5. The fourth-order valence-electron chi connectivity index (χ4n) is 2.13. The van der Waals surface area contributed by atoms with Crippen molar-refractivity contribution in [1.82, 2.24) is 10.0 Å². The molecular weight excluding hydrogens is 392 g/mol. The van der Waals surface area contributed by atoms with E-state index in [2.05, 4.69) is 10.0 Å². The molecule has 2 aromatic carbocycles. The topological polar surface area (TPSA) is 102 Å². The van der Waals surface area contributed by atoms with Gasteiger partial charge >= 0.3 is 5.97 Å². The Morgan fingerprint density at radius 1 is 1.07 bits per heavy atom. The van der Waals surface area contributed by atoms with Crippen LogP contribution >= 0.6 is 11.6 Å². The van der Waals surface area contributed by atoms with Gasteiger partial charge in [-0.05, 0) is 42.8 Å². The Morgan fingerprint density at radius 2 is 1.74 bits per heavy atom. The lowest BCUT2D eigenvalue weighted by Gasteiger charge is -2.09. The number of hydrogen-bond donors (Lipinski definition) is 2. The zero-order valence-corrected chi connectivity index (χ0v) is 16.1. The first-order valence-electron chi connectivity index (χ1n) is 8.10. The van der Waals surface area contributed by atoms with Crippen LogP contribution in [0.5, 0.6) is 0 Å². The van der Waals surface area contributed by atoms with Crippen LogP contribution in [-0.2, 0) is 26.1 Å². The minimum Gasteiger partial charge on any atom is -0.462 e. The Bertz CT molecular complexity index is 914. The van der Waals surface area contributed by atoms with E-state index in [0.29, 0.717) is 5.02 Å². The van der Waals surface area contributed by atoms with Crippen LogP contribution in [0.25, 0.3) is 0 Å². The molecule has 2 N–H and O–H groups in total. The number of halogens is 1. The Hall–Kier alpha value is -2.42. The van der Waals surface area contributed by atoms with E-state index < -0.39 is 28.4 Å². The van der Waals surface area contributed by atoms with Gasteiger partial charge in [0.15, 0.2) is 0 Å². The van der Waals surface area contributed by atoms with Crippen LogP contribution in [0.15, 0.2) is 53.4 Å². The van der Waals surface area contributed by atoms with E-state index in [1.807, 2.05) is 0 Å². The van der Waals surface area contributed by atoms with Crippen molar-refractivity contribution in [2.75, 3.05) is 13.2 Å². The molecule has 2 rings (SSSR count). The van der Waals surface area contributed by atoms with Crippen LogP contribution in [0.3, 0.4) is 0 Å². The molecule has 2 aromatic rings. The number of ether oxygens (including phenoxy) is 1. The lowest BCUT2D eigenvalue weighted by molar-refractivity contribution is -0.120. The summed E-state index contributed by atoms with van der Waals surface area (Å²) in [6.07, 6.45) is 0. The molecule has 1 amide bonds. The first-order chi connectivity index (χ1) is 12.8. The monoisotopic (exact) mass is 410 g/mol. The molecule has 27 heavy (non-hydrogen) atoms. The average molecular weight is 411 g/mol. The predicted octanol–water partition coefficient (Wildman–Crippen LogP) is 2.11. The predicted molar refractivity (Wildman–Crippen MR) is 101 cm³/mol. The van der Waals surface area contributed by atoms with E-state index in [4.69, 9.17) is 16.3 Å². The molecule has 0 radical (unpaired) electrons. The Labute approximate surface area is 162 Å². The highest BCUT2D eigenvalue weighted by Gasteiger charge is 2.16. The minimum absolute atomic E-state index is 0.0607. The van der Waals surface area contributed by atoms with Crippen LogP contribution in [-0.4, -0.2) is 33.4 Å². The van der Waals surface area contributed by atoms with Crippen molar-refractivity contribution >= 4 is 33.5 Å². The van der Waals surface area contributed by atoms with Crippen molar-refractivity contribution in [2.24, 2.45) is 0 Å². The van der Waals surface area contributed by atoms with Crippen LogP contribution in [0.2, 0.25) is 5.02 Å². The molecule has 9 heteroatoms. The Morgan fingerprint density at radius 3 is 2.37 bits per heavy atom. The summed E-state index contributed by atoms with van der Waals surface area (Å²) in [7, 11) is -3.89. The van der Waals surface area contributed by atoms with Crippen molar-refractivity contribution in [3.05, 3.63) is 64.7 Å². The molecule has 0 heterocycles. The van der Waals surface area contributed by atoms with Gasteiger partial charge in [-0.15, -0.1) is 0 Å². The summed E-state index contributed by atoms with van der Waals surface area (Å²) >= 11 is 6.00. The highest BCUT2D eigenvalue weighted by molar-refractivity contribution is 7.89. The summed E-state index contributed by atoms with van der Waals surface area (Å²) in [4.78, 5) is 23.4. The SMILES string of the molecule is CCOC(=O)c1ccc(S(=O)(=O)NCC(=O)NCc2ccccc2Cl)cc1. The van der Waals surface area contributed by atoms with E-state index in [1.54, 1.807) is 31.2 Å². The molecule has 0 aliphatic heterocycles. The van der Waals surface area contributed by atoms with Gasteiger partial charge in [-0.25, -0.2) is 17.9 Å².